The maximum atomic E-state index is 11.1. The molecular weight excluding hydrogens is 436 g/mol. The van der Waals surface area contributed by atoms with Crippen LogP contribution in [-0.4, -0.2) is 5.91 Å². The number of carbonyl (C=O) groups is 1. The van der Waals surface area contributed by atoms with E-state index in [2.05, 4.69) is 0 Å². The van der Waals surface area contributed by atoms with Crippen molar-refractivity contribution < 1.29 is 30.6 Å². The summed E-state index contributed by atoms with van der Waals surface area (Å²) in [7, 11) is 0. The zero-order valence-corrected chi connectivity index (χ0v) is 16.3. The molecule has 2 nitrogen and oxygen atoms in total. The van der Waals surface area contributed by atoms with Crippen molar-refractivity contribution in [3.05, 3.63) is 5.73 Å². The smallest absolute Gasteiger partial charge is 0.0519 e. The molecule has 0 heterocycles. The molecule has 18 heavy (non-hydrogen) atoms. The molecule has 1 N–H and O–H groups in total. The van der Waals surface area contributed by atoms with E-state index in [1.165, 1.54) is 44.9 Å². The summed E-state index contributed by atoms with van der Waals surface area (Å²) in [4.78, 5) is 11.1. The predicted octanol–water partition coefficient (Wildman–Crippen LogP) is 5.33. The van der Waals surface area contributed by atoms with Crippen molar-refractivity contribution in [2.24, 2.45) is 5.92 Å². The molecule has 0 spiro atoms. The van der Waals surface area contributed by atoms with Crippen LogP contribution in [0.5, 0.6) is 0 Å². The normalized spacial score (nSPS) is 18.9. The van der Waals surface area contributed by atoms with Gasteiger partial charge in [0, 0.05) is 31.8 Å². The molecule has 0 aromatic rings. The van der Waals surface area contributed by atoms with Gasteiger partial charge in [0.1, 0.15) is 0 Å². The Morgan fingerprint density at radius 3 is 1.28 bits per heavy atom. The van der Waals surface area contributed by atoms with Crippen LogP contribution in [0.3, 0.4) is 0 Å². The second-order valence-electron chi connectivity index (χ2n) is 4.82. The second-order valence-corrected chi connectivity index (χ2v) is 4.82. The molecule has 108 valence electrons. The second kappa shape index (κ2) is 16.0. The van der Waals surface area contributed by atoms with Crippen molar-refractivity contribution >= 4 is 30.7 Å². The number of rotatable bonds is 1. The molecule has 0 unspecified atom stereocenters. The number of hydrogen-bond donors (Lipinski definition) is 0. The van der Waals surface area contributed by atoms with Gasteiger partial charge in [0.05, 0.1) is 5.91 Å². The first-order valence-electron chi connectivity index (χ1n) is 6.56. The molecule has 0 bridgehead atoms. The van der Waals surface area contributed by atoms with Gasteiger partial charge in [-0.1, -0.05) is 57.8 Å². The fourth-order valence-corrected chi connectivity index (χ4v) is 2.43. The molecule has 1 fully saturated rings. The number of nitrogens with one attached hydrogen (secondary N) is 1. The van der Waals surface area contributed by atoms with Crippen molar-refractivity contribution in [1.29, 1.82) is 0 Å². The van der Waals surface area contributed by atoms with E-state index in [-0.39, 0.29) is 62.5 Å². The van der Waals surface area contributed by atoms with E-state index in [9.17, 15) is 4.79 Å². The number of hydrogen-bond acceptors (Lipinski definition) is 1. The van der Waals surface area contributed by atoms with Gasteiger partial charge in [-0.2, -0.15) is 0 Å². The fraction of sp³-hybridized carbons (Fsp3) is 0.923. The summed E-state index contributed by atoms with van der Waals surface area (Å²) >= 11 is 0. The van der Waals surface area contributed by atoms with Crippen LogP contribution < -0.4 is 0 Å². The number of amides is 1. The monoisotopic (exact) mass is 462 g/mol. The third kappa shape index (κ3) is 12.0. The number of halogens is 2. The van der Waals surface area contributed by atoms with Gasteiger partial charge in [-0.15, -0.1) is 24.8 Å². The summed E-state index contributed by atoms with van der Waals surface area (Å²) in [5.74, 6) is -0.281. The van der Waals surface area contributed by atoms with Crippen molar-refractivity contribution in [3.63, 3.8) is 0 Å². The molecule has 1 aliphatic rings. The molecule has 1 rings (SSSR count). The molecule has 0 atom stereocenters. The topological polar surface area (TPSA) is 40.9 Å². The summed E-state index contributed by atoms with van der Waals surface area (Å²) in [5, 5.41) is 0. The minimum Gasteiger partial charge on any atom is -0.668 e. The molecule has 1 aliphatic carbocycles. The average molecular weight is 462 g/mol. The molecular formula is C13H26Cl2HfNO-. The van der Waals surface area contributed by atoms with Crippen molar-refractivity contribution in [3.8, 4) is 0 Å². The van der Waals surface area contributed by atoms with Gasteiger partial charge in [-0.3, -0.25) is 0 Å². The van der Waals surface area contributed by atoms with E-state index < -0.39 is 0 Å². The molecule has 1 amide bonds. The zero-order chi connectivity index (χ0) is 10.9. The van der Waals surface area contributed by atoms with Crippen LogP contribution in [0.2, 0.25) is 0 Å². The molecule has 0 radical (unpaired) electrons. The molecule has 0 aliphatic heterocycles. The first kappa shape index (κ1) is 24.0. The van der Waals surface area contributed by atoms with Crippen LogP contribution in [0.1, 0.15) is 70.6 Å². The first-order valence-corrected chi connectivity index (χ1v) is 6.56. The molecule has 5 heteroatoms. The van der Waals surface area contributed by atoms with Crippen LogP contribution in [0.4, 0.5) is 0 Å². The maximum Gasteiger partial charge on any atom is 0.0519 e. The van der Waals surface area contributed by atoms with E-state index >= 15 is 0 Å². The zero-order valence-electron chi connectivity index (χ0n) is 11.1. The van der Waals surface area contributed by atoms with Crippen LogP contribution in [0, 0.1) is 5.92 Å². The minimum absolute atomic E-state index is 0. The summed E-state index contributed by atoms with van der Waals surface area (Å²) in [6.45, 7) is 0. The fourth-order valence-electron chi connectivity index (χ4n) is 2.43. The summed E-state index contributed by atoms with van der Waals surface area (Å²) in [6, 6.07) is 0. The third-order valence-corrected chi connectivity index (χ3v) is 3.48. The van der Waals surface area contributed by atoms with Crippen molar-refractivity contribution in [2.75, 3.05) is 0 Å². The Kier molecular flexibility index (Phi) is 21.3. The Morgan fingerprint density at radius 2 is 1.00 bits per heavy atom. The Labute approximate surface area is 143 Å². The largest absolute Gasteiger partial charge is 0.668 e. The van der Waals surface area contributed by atoms with Gasteiger partial charge in [0.25, 0.3) is 0 Å². The van der Waals surface area contributed by atoms with Gasteiger partial charge >= 0.3 is 0 Å². The van der Waals surface area contributed by atoms with Gasteiger partial charge < -0.3 is 10.5 Å². The third-order valence-electron chi connectivity index (χ3n) is 3.48. The van der Waals surface area contributed by atoms with Crippen LogP contribution in [0.15, 0.2) is 0 Å². The van der Waals surface area contributed by atoms with E-state index in [1.54, 1.807) is 0 Å². The quantitative estimate of drug-likeness (QED) is 0.487. The number of carbonyl (C=O) groups excluding carboxylic acids is 1. The Morgan fingerprint density at radius 1 is 0.722 bits per heavy atom. The SMILES string of the molecule is Cl.Cl.[Hf].[NH-]C(=O)C1CCCCCCCCCCC1. The van der Waals surface area contributed by atoms with Crippen LogP contribution >= 0.6 is 24.8 Å². The predicted molar refractivity (Wildman–Crippen MR) is 78.1 cm³/mol. The van der Waals surface area contributed by atoms with Gasteiger partial charge in [0.15, 0.2) is 0 Å². The van der Waals surface area contributed by atoms with E-state index in [0.29, 0.717) is 0 Å². The van der Waals surface area contributed by atoms with E-state index in [0.717, 1.165) is 25.7 Å². The Hall–Kier alpha value is 0.920. The summed E-state index contributed by atoms with van der Waals surface area (Å²) in [6.07, 6.45) is 13.5. The molecule has 0 aromatic carbocycles. The minimum atomic E-state index is -0.327. The van der Waals surface area contributed by atoms with Gasteiger partial charge in [0.2, 0.25) is 0 Å². The summed E-state index contributed by atoms with van der Waals surface area (Å²) < 4.78 is 0. The van der Waals surface area contributed by atoms with Gasteiger partial charge in [-0.05, 0) is 12.8 Å². The Balaban J connectivity index is -0.000000750. The molecule has 0 aromatic heterocycles. The Bertz CT molecular complexity index is 182. The van der Waals surface area contributed by atoms with E-state index in [1.807, 2.05) is 0 Å². The summed E-state index contributed by atoms with van der Waals surface area (Å²) in [5.41, 5.74) is 7.23. The van der Waals surface area contributed by atoms with E-state index in [4.69, 9.17) is 5.73 Å². The average Bonchev–Trinajstić information content (AvgIpc) is 2.18. The molecule has 0 saturated heterocycles. The van der Waals surface area contributed by atoms with Crippen LogP contribution in [0.25, 0.3) is 5.73 Å². The van der Waals surface area contributed by atoms with Crippen molar-refractivity contribution in [1.82, 2.24) is 0 Å². The van der Waals surface area contributed by atoms with Crippen LogP contribution in [-0.2, 0) is 30.6 Å². The van der Waals surface area contributed by atoms with Crippen molar-refractivity contribution in [2.45, 2.75) is 70.6 Å². The van der Waals surface area contributed by atoms with Gasteiger partial charge in [-0.25, -0.2) is 0 Å². The first-order chi connectivity index (χ1) is 7.30. The standard InChI is InChI=1S/C13H25NO.2ClH.Hf/c14-13(15)12-10-8-6-4-2-1-3-5-7-9-11-12;;;/h12H,1-11H2,(H2,14,15);2*1H;/p-1. The maximum absolute atomic E-state index is 11.1. The molecule has 1 saturated carbocycles.